The Balaban J connectivity index is 2.47. The Morgan fingerprint density at radius 2 is 2.22 bits per heavy atom. The number of carbonyl (C=O) groups excluding carboxylic acids is 1. The summed E-state index contributed by atoms with van der Waals surface area (Å²) in [6, 6.07) is 3.03. The predicted octanol–water partition coefficient (Wildman–Crippen LogP) is 1.37. The number of likely N-dealkylation sites (N-methyl/N-ethyl adjacent to an activating group) is 2. The fourth-order valence-corrected chi connectivity index (χ4v) is 2.25. The number of hydrogen-bond donors (Lipinski definition) is 2. The highest BCUT2D eigenvalue weighted by atomic mass is 19.3. The second-order valence-corrected chi connectivity index (χ2v) is 5.90. The maximum Gasteiger partial charge on any atom is 0.261 e. The highest BCUT2D eigenvalue weighted by molar-refractivity contribution is 5.78. The van der Waals surface area contributed by atoms with Crippen LogP contribution in [0.1, 0.15) is 24.5 Å². The van der Waals surface area contributed by atoms with E-state index in [1.165, 1.54) is 12.3 Å². The first kappa shape index (κ1) is 22.9. The molecule has 2 N–H and O–H groups in total. The molecule has 0 bridgehead atoms. The number of pyridine rings is 1. The number of hydrogen-bond acceptors (Lipinski definition) is 6. The second kappa shape index (κ2) is 12.3. The SMILES string of the molecule is C=CN(C)CCN(CC)C(=O)CNCc1cc(C(O)OCC(F)F)ccn1. The van der Waals surface area contributed by atoms with Crippen LogP contribution in [0.25, 0.3) is 0 Å². The van der Waals surface area contributed by atoms with Crippen molar-refractivity contribution < 1.29 is 23.4 Å². The summed E-state index contributed by atoms with van der Waals surface area (Å²) in [6.45, 7) is 7.08. The molecular formula is C18H28F2N4O3. The van der Waals surface area contributed by atoms with Gasteiger partial charge in [-0.3, -0.25) is 9.78 Å². The normalized spacial score (nSPS) is 12.1. The van der Waals surface area contributed by atoms with Crippen LogP contribution < -0.4 is 5.32 Å². The Morgan fingerprint density at radius 1 is 1.48 bits per heavy atom. The molecule has 9 heteroatoms. The van der Waals surface area contributed by atoms with Crippen molar-refractivity contribution >= 4 is 5.91 Å². The van der Waals surface area contributed by atoms with Crippen LogP contribution in [0.3, 0.4) is 0 Å². The minimum absolute atomic E-state index is 0.0357. The van der Waals surface area contributed by atoms with E-state index in [9.17, 15) is 18.7 Å². The van der Waals surface area contributed by atoms with E-state index in [-0.39, 0.29) is 12.5 Å². The number of rotatable bonds is 13. The van der Waals surface area contributed by atoms with E-state index in [0.29, 0.717) is 37.4 Å². The van der Waals surface area contributed by atoms with Crippen molar-refractivity contribution in [1.29, 1.82) is 0 Å². The first-order valence-electron chi connectivity index (χ1n) is 8.71. The average molecular weight is 386 g/mol. The fraction of sp³-hybridized carbons (Fsp3) is 0.556. The van der Waals surface area contributed by atoms with Gasteiger partial charge in [0, 0.05) is 45.0 Å². The number of ether oxygens (including phenoxy) is 1. The number of aliphatic hydroxyl groups is 1. The lowest BCUT2D eigenvalue weighted by Gasteiger charge is -2.24. The highest BCUT2D eigenvalue weighted by Gasteiger charge is 2.14. The molecule has 1 unspecified atom stereocenters. The minimum atomic E-state index is -2.65. The van der Waals surface area contributed by atoms with Crippen molar-refractivity contribution in [2.75, 3.05) is 39.8 Å². The van der Waals surface area contributed by atoms with Crippen LogP contribution in [0.5, 0.6) is 0 Å². The molecule has 1 aromatic heterocycles. The van der Waals surface area contributed by atoms with Crippen molar-refractivity contribution in [3.8, 4) is 0 Å². The van der Waals surface area contributed by atoms with E-state index in [4.69, 9.17) is 0 Å². The van der Waals surface area contributed by atoms with Gasteiger partial charge in [-0.2, -0.15) is 0 Å². The van der Waals surface area contributed by atoms with E-state index in [1.807, 2.05) is 18.9 Å². The van der Waals surface area contributed by atoms with E-state index < -0.39 is 19.3 Å². The van der Waals surface area contributed by atoms with Gasteiger partial charge in [-0.25, -0.2) is 8.78 Å². The molecular weight excluding hydrogens is 358 g/mol. The van der Waals surface area contributed by atoms with Crippen molar-refractivity contribution in [2.45, 2.75) is 26.2 Å². The lowest BCUT2D eigenvalue weighted by molar-refractivity contribution is -0.131. The zero-order chi connectivity index (χ0) is 20.2. The molecule has 0 fully saturated rings. The topological polar surface area (TPSA) is 77.9 Å². The summed E-state index contributed by atoms with van der Waals surface area (Å²) in [5, 5.41) is 12.8. The average Bonchev–Trinajstić information content (AvgIpc) is 2.66. The molecule has 0 aliphatic rings. The predicted molar refractivity (Wildman–Crippen MR) is 97.9 cm³/mol. The molecule has 0 aliphatic heterocycles. The van der Waals surface area contributed by atoms with Crippen molar-refractivity contribution in [3.63, 3.8) is 0 Å². The molecule has 7 nitrogen and oxygen atoms in total. The quantitative estimate of drug-likeness (QED) is 0.499. The van der Waals surface area contributed by atoms with E-state index in [1.54, 1.807) is 17.2 Å². The molecule has 0 aromatic carbocycles. The Kier molecular flexibility index (Phi) is 10.5. The summed E-state index contributed by atoms with van der Waals surface area (Å²) in [7, 11) is 1.89. The molecule has 1 atom stereocenters. The molecule has 27 heavy (non-hydrogen) atoms. The summed E-state index contributed by atoms with van der Waals surface area (Å²) in [6.07, 6.45) is -0.942. The molecule has 0 aliphatic carbocycles. The standard InChI is InChI=1S/C18H28F2N4O3/c1-4-23(3)8-9-24(5-2)17(25)12-21-11-15-10-14(6-7-22-15)18(26)27-13-16(19)20/h4,6-7,10,16,18,21,26H,1,5,8-9,11-13H2,2-3H3. The molecule has 0 saturated heterocycles. The number of nitrogens with one attached hydrogen (secondary N) is 1. The molecule has 152 valence electrons. The first-order chi connectivity index (χ1) is 12.9. The first-order valence-corrected chi connectivity index (χ1v) is 8.71. The number of halogens is 2. The van der Waals surface area contributed by atoms with Crippen molar-refractivity contribution in [1.82, 2.24) is 20.1 Å². The molecule has 0 saturated carbocycles. The van der Waals surface area contributed by atoms with Crippen LogP contribution in [0, 0.1) is 0 Å². The van der Waals surface area contributed by atoms with Crippen LogP contribution >= 0.6 is 0 Å². The van der Waals surface area contributed by atoms with E-state index in [2.05, 4.69) is 21.6 Å². The van der Waals surface area contributed by atoms with Crippen LogP contribution in [0.2, 0.25) is 0 Å². The summed E-state index contributed by atoms with van der Waals surface area (Å²) in [5.74, 6) is -0.0357. The molecule has 1 rings (SSSR count). The van der Waals surface area contributed by atoms with Crippen LogP contribution in [0.15, 0.2) is 31.1 Å². The zero-order valence-electron chi connectivity index (χ0n) is 15.8. The Bertz CT molecular complexity index is 589. The molecule has 0 spiro atoms. The largest absolute Gasteiger partial charge is 0.379 e. The summed E-state index contributed by atoms with van der Waals surface area (Å²) in [5.41, 5.74) is 0.894. The molecule has 1 heterocycles. The third-order valence-corrected chi connectivity index (χ3v) is 3.86. The van der Waals surface area contributed by atoms with Gasteiger partial charge in [0.2, 0.25) is 5.91 Å². The van der Waals surface area contributed by atoms with Crippen LogP contribution in [-0.2, 0) is 16.1 Å². The van der Waals surface area contributed by atoms with E-state index >= 15 is 0 Å². The summed E-state index contributed by atoms with van der Waals surface area (Å²) in [4.78, 5) is 20.0. The highest BCUT2D eigenvalue weighted by Crippen LogP contribution is 2.15. The van der Waals surface area contributed by atoms with Gasteiger partial charge < -0.3 is 25.0 Å². The van der Waals surface area contributed by atoms with Gasteiger partial charge in [-0.05, 0) is 25.3 Å². The van der Waals surface area contributed by atoms with Gasteiger partial charge in [0.05, 0.1) is 12.2 Å². The summed E-state index contributed by atoms with van der Waals surface area (Å²) < 4.78 is 29.0. The van der Waals surface area contributed by atoms with Gasteiger partial charge in [-0.15, -0.1) is 0 Å². The number of aliphatic hydroxyl groups excluding tert-OH is 1. The summed E-state index contributed by atoms with van der Waals surface area (Å²) >= 11 is 0. The monoisotopic (exact) mass is 386 g/mol. The fourth-order valence-electron chi connectivity index (χ4n) is 2.25. The maximum atomic E-state index is 12.3. The maximum absolute atomic E-state index is 12.3. The lowest BCUT2D eigenvalue weighted by atomic mass is 10.2. The number of nitrogens with zero attached hydrogens (tertiary/aromatic N) is 3. The Labute approximate surface area is 158 Å². The number of amides is 1. The lowest BCUT2D eigenvalue weighted by Crippen LogP contribution is -2.41. The third-order valence-electron chi connectivity index (χ3n) is 3.86. The Hall–Kier alpha value is -2.10. The van der Waals surface area contributed by atoms with Crippen molar-refractivity contribution in [3.05, 3.63) is 42.4 Å². The third kappa shape index (κ3) is 8.89. The number of carbonyl (C=O) groups is 1. The second-order valence-electron chi connectivity index (χ2n) is 5.90. The Morgan fingerprint density at radius 3 is 2.85 bits per heavy atom. The van der Waals surface area contributed by atoms with Gasteiger partial charge in [-0.1, -0.05) is 6.58 Å². The van der Waals surface area contributed by atoms with Crippen LogP contribution in [-0.4, -0.2) is 72.1 Å². The smallest absolute Gasteiger partial charge is 0.261 e. The van der Waals surface area contributed by atoms with Gasteiger partial charge >= 0.3 is 0 Å². The number of alkyl halides is 2. The minimum Gasteiger partial charge on any atom is -0.379 e. The zero-order valence-corrected chi connectivity index (χ0v) is 15.8. The van der Waals surface area contributed by atoms with Gasteiger partial charge in [0.1, 0.15) is 6.61 Å². The van der Waals surface area contributed by atoms with Gasteiger partial charge in [0.25, 0.3) is 6.43 Å². The van der Waals surface area contributed by atoms with Crippen molar-refractivity contribution in [2.24, 2.45) is 0 Å². The molecule has 0 radical (unpaired) electrons. The van der Waals surface area contributed by atoms with Gasteiger partial charge in [0.15, 0.2) is 6.29 Å². The van der Waals surface area contributed by atoms with Crippen LogP contribution in [0.4, 0.5) is 8.78 Å². The number of aromatic nitrogens is 1. The molecule has 1 aromatic rings. The molecule has 1 amide bonds. The van der Waals surface area contributed by atoms with E-state index in [0.717, 1.165) is 0 Å².